The van der Waals surface area contributed by atoms with E-state index in [4.69, 9.17) is 9.47 Å². The molecule has 0 unspecified atom stereocenters. The molecule has 0 bridgehead atoms. The van der Waals surface area contributed by atoms with Gasteiger partial charge < -0.3 is 9.47 Å². The van der Waals surface area contributed by atoms with Gasteiger partial charge in [-0.05, 0) is 24.6 Å². The van der Waals surface area contributed by atoms with Crippen molar-refractivity contribution >= 4 is 5.78 Å². The average Bonchev–Trinajstić information content (AvgIpc) is 2.38. The average molecular weight is 284 g/mol. The minimum atomic E-state index is -0.879. The smallest absolute Gasteiger partial charge is 0.169 e. The SMILES string of the molecule is CCOC1(C(=O)Cc2cc(F)cc(F)c2)CCOCC1. The van der Waals surface area contributed by atoms with Gasteiger partial charge in [-0.1, -0.05) is 0 Å². The number of rotatable bonds is 5. The van der Waals surface area contributed by atoms with Crippen LogP contribution in [0.5, 0.6) is 0 Å². The van der Waals surface area contributed by atoms with Crippen LogP contribution in [0, 0.1) is 11.6 Å². The van der Waals surface area contributed by atoms with E-state index in [1.54, 1.807) is 0 Å². The zero-order valence-corrected chi connectivity index (χ0v) is 11.5. The van der Waals surface area contributed by atoms with Crippen molar-refractivity contribution in [1.29, 1.82) is 0 Å². The summed E-state index contributed by atoms with van der Waals surface area (Å²) >= 11 is 0. The maximum Gasteiger partial charge on any atom is 0.169 e. The fraction of sp³-hybridized carbons (Fsp3) is 0.533. The predicted molar refractivity (Wildman–Crippen MR) is 69.5 cm³/mol. The van der Waals surface area contributed by atoms with Crippen molar-refractivity contribution in [3.05, 3.63) is 35.4 Å². The van der Waals surface area contributed by atoms with Crippen LogP contribution >= 0.6 is 0 Å². The predicted octanol–water partition coefficient (Wildman–Crippen LogP) is 2.66. The first kappa shape index (κ1) is 15.1. The lowest BCUT2D eigenvalue weighted by Gasteiger charge is -2.35. The summed E-state index contributed by atoms with van der Waals surface area (Å²) in [5.41, 5.74) is -0.548. The molecule has 1 aliphatic heterocycles. The standard InChI is InChI=1S/C15H18F2O3/c1-2-20-15(3-5-19-6-4-15)14(18)9-11-7-12(16)10-13(17)8-11/h7-8,10H,2-6,9H2,1H3. The zero-order valence-electron chi connectivity index (χ0n) is 11.5. The van der Waals surface area contributed by atoms with Crippen LogP contribution in [0.1, 0.15) is 25.3 Å². The third-order valence-electron chi connectivity index (χ3n) is 3.52. The lowest BCUT2D eigenvalue weighted by molar-refractivity contribution is -0.156. The van der Waals surface area contributed by atoms with E-state index in [0.717, 1.165) is 6.07 Å². The van der Waals surface area contributed by atoms with Gasteiger partial charge in [0.2, 0.25) is 0 Å². The molecule has 1 heterocycles. The number of hydrogen-bond donors (Lipinski definition) is 0. The summed E-state index contributed by atoms with van der Waals surface area (Å²) < 4.78 is 37.2. The number of carbonyl (C=O) groups is 1. The normalized spacial score (nSPS) is 17.9. The number of benzene rings is 1. The Hall–Kier alpha value is -1.33. The maximum atomic E-state index is 13.2. The van der Waals surface area contributed by atoms with E-state index < -0.39 is 17.2 Å². The number of ketones is 1. The minimum Gasteiger partial charge on any atom is -0.381 e. The Labute approximate surface area is 116 Å². The Morgan fingerprint density at radius 1 is 1.25 bits per heavy atom. The van der Waals surface area contributed by atoms with E-state index in [-0.39, 0.29) is 12.2 Å². The highest BCUT2D eigenvalue weighted by Crippen LogP contribution is 2.28. The molecule has 1 saturated heterocycles. The van der Waals surface area contributed by atoms with Crippen LogP contribution in [-0.2, 0) is 20.7 Å². The number of carbonyl (C=O) groups excluding carboxylic acids is 1. The largest absolute Gasteiger partial charge is 0.381 e. The molecule has 0 N–H and O–H groups in total. The second kappa shape index (κ2) is 6.41. The first-order valence-electron chi connectivity index (χ1n) is 6.76. The van der Waals surface area contributed by atoms with E-state index in [9.17, 15) is 13.6 Å². The van der Waals surface area contributed by atoms with Crippen molar-refractivity contribution in [1.82, 2.24) is 0 Å². The van der Waals surface area contributed by atoms with Crippen LogP contribution in [0.15, 0.2) is 18.2 Å². The van der Waals surface area contributed by atoms with Gasteiger partial charge in [-0.2, -0.15) is 0 Å². The van der Waals surface area contributed by atoms with Gasteiger partial charge in [-0.15, -0.1) is 0 Å². The van der Waals surface area contributed by atoms with Gasteiger partial charge >= 0.3 is 0 Å². The molecule has 1 aliphatic rings. The summed E-state index contributed by atoms with van der Waals surface area (Å²) in [5.74, 6) is -1.50. The molecule has 0 radical (unpaired) electrons. The molecular formula is C15H18F2O3. The quantitative estimate of drug-likeness (QED) is 0.834. The van der Waals surface area contributed by atoms with Crippen LogP contribution in [0.4, 0.5) is 8.78 Å². The van der Waals surface area contributed by atoms with Crippen LogP contribution < -0.4 is 0 Å². The topological polar surface area (TPSA) is 35.5 Å². The van der Waals surface area contributed by atoms with E-state index in [0.29, 0.717) is 38.2 Å². The summed E-state index contributed by atoms with van der Waals surface area (Å²) in [6.45, 7) is 3.17. The van der Waals surface area contributed by atoms with E-state index in [1.165, 1.54) is 12.1 Å². The molecule has 0 spiro atoms. The van der Waals surface area contributed by atoms with Gasteiger partial charge in [0.15, 0.2) is 5.78 Å². The maximum absolute atomic E-state index is 13.2. The Bertz CT molecular complexity index is 456. The highest BCUT2D eigenvalue weighted by atomic mass is 19.1. The summed E-state index contributed by atoms with van der Waals surface area (Å²) in [5, 5.41) is 0. The molecule has 20 heavy (non-hydrogen) atoms. The molecule has 1 aromatic carbocycles. The molecule has 0 saturated carbocycles. The highest BCUT2D eigenvalue weighted by molar-refractivity contribution is 5.89. The van der Waals surface area contributed by atoms with Gasteiger partial charge in [0.25, 0.3) is 0 Å². The van der Waals surface area contributed by atoms with Crippen LogP contribution in [0.25, 0.3) is 0 Å². The van der Waals surface area contributed by atoms with Crippen molar-refractivity contribution in [2.24, 2.45) is 0 Å². The third kappa shape index (κ3) is 3.41. The molecule has 2 rings (SSSR count). The van der Waals surface area contributed by atoms with E-state index >= 15 is 0 Å². The van der Waals surface area contributed by atoms with Crippen molar-refractivity contribution in [3.8, 4) is 0 Å². The molecule has 1 aromatic rings. The summed E-state index contributed by atoms with van der Waals surface area (Å²) in [4.78, 5) is 12.5. The van der Waals surface area contributed by atoms with Gasteiger partial charge in [-0.3, -0.25) is 4.79 Å². The molecule has 0 amide bonds. The van der Waals surface area contributed by atoms with E-state index in [1.807, 2.05) is 6.92 Å². The second-order valence-corrected chi connectivity index (χ2v) is 4.92. The lowest BCUT2D eigenvalue weighted by atomic mass is 9.86. The van der Waals surface area contributed by atoms with Crippen molar-refractivity contribution in [2.75, 3.05) is 19.8 Å². The van der Waals surface area contributed by atoms with Crippen molar-refractivity contribution in [3.63, 3.8) is 0 Å². The molecular weight excluding hydrogens is 266 g/mol. The van der Waals surface area contributed by atoms with Gasteiger partial charge in [0.05, 0.1) is 0 Å². The van der Waals surface area contributed by atoms with Crippen molar-refractivity contribution in [2.45, 2.75) is 31.8 Å². The molecule has 110 valence electrons. The molecule has 0 aromatic heterocycles. The summed E-state index contributed by atoms with van der Waals surface area (Å²) in [6, 6.07) is 3.15. The van der Waals surface area contributed by atoms with Crippen LogP contribution in [-0.4, -0.2) is 31.2 Å². The molecule has 0 atom stereocenters. The Morgan fingerprint density at radius 2 is 1.85 bits per heavy atom. The van der Waals surface area contributed by atoms with Gasteiger partial charge in [-0.25, -0.2) is 8.78 Å². The van der Waals surface area contributed by atoms with Crippen molar-refractivity contribution < 1.29 is 23.0 Å². The molecule has 3 nitrogen and oxygen atoms in total. The number of hydrogen-bond acceptors (Lipinski definition) is 3. The first-order valence-corrected chi connectivity index (χ1v) is 6.76. The van der Waals surface area contributed by atoms with Gasteiger partial charge in [0, 0.05) is 45.1 Å². The summed E-state index contributed by atoms with van der Waals surface area (Å²) in [7, 11) is 0. The van der Waals surface area contributed by atoms with Gasteiger partial charge in [0.1, 0.15) is 17.2 Å². The number of Topliss-reactive ketones (excluding diaryl/α,β-unsaturated/α-hetero) is 1. The summed E-state index contributed by atoms with van der Waals surface area (Å²) in [6.07, 6.45) is 0.934. The third-order valence-corrected chi connectivity index (χ3v) is 3.52. The van der Waals surface area contributed by atoms with Crippen LogP contribution in [0.3, 0.4) is 0 Å². The monoisotopic (exact) mass is 284 g/mol. The number of halogens is 2. The Balaban J connectivity index is 2.15. The second-order valence-electron chi connectivity index (χ2n) is 4.92. The fourth-order valence-electron chi connectivity index (χ4n) is 2.54. The molecule has 5 heteroatoms. The fourth-order valence-corrected chi connectivity index (χ4v) is 2.54. The first-order chi connectivity index (χ1) is 9.55. The highest BCUT2D eigenvalue weighted by Gasteiger charge is 2.40. The number of ether oxygens (including phenoxy) is 2. The zero-order chi connectivity index (χ0) is 14.6. The lowest BCUT2D eigenvalue weighted by Crippen LogP contribution is -2.47. The minimum absolute atomic E-state index is 0.0331. The molecule has 0 aliphatic carbocycles. The Kier molecular flexibility index (Phi) is 4.83. The Morgan fingerprint density at radius 3 is 2.40 bits per heavy atom. The molecule has 1 fully saturated rings. The van der Waals surface area contributed by atoms with Crippen LogP contribution in [0.2, 0.25) is 0 Å². The van der Waals surface area contributed by atoms with E-state index in [2.05, 4.69) is 0 Å².